The average Bonchev–Trinajstić information content (AvgIpc) is 0.770. The monoisotopic (exact) mass is 1580 g/mol. The number of para-hydroxylation sites is 6. The van der Waals surface area contributed by atoms with Crippen molar-refractivity contribution in [3.63, 3.8) is 0 Å². The second-order valence-electron chi connectivity index (χ2n) is 32.5. The molecule has 0 fully saturated rings. The first-order valence-corrected chi connectivity index (χ1v) is 41.7. The summed E-state index contributed by atoms with van der Waals surface area (Å²) in [6, 6.07) is 118. The van der Waals surface area contributed by atoms with Crippen LogP contribution in [0.4, 0.5) is 39.8 Å². The Bertz CT molecular complexity index is 5530. The van der Waals surface area contributed by atoms with E-state index in [0.29, 0.717) is 47.1 Å². The van der Waals surface area contributed by atoms with Gasteiger partial charge in [0.05, 0.1) is 0 Å². The molecule has 0 radical (unpaired) electrons. The van der Waals surface area contributed by atoms with Crippen LogP contribution in [0.5, 0.6) is 40.2 Å². The van der Waals surface area contributed by atoms with Gasteiger partial charge in [-0.25, -0.2) is 0 Å². The van der Waals surface area contributed by atoms with Gasteiger partial charge in [-0.2, -0.15) is 0 Å². The molecule has 0 bridgehead atoms. The van der Waals surface area contributed by atoms with E-state index in [1.54, 1.807) is 0 Å². The predicted molar refractivity (Wildman–Crippen MR) is 484 cm³/mol. The van der Waals surface area contributed by atoms with Crippen LogP contribution >= 0.6 is 0 Å². The topological polar surface area (TPSA) is 87.3 Å². The molecule has 7 aliphatic rings. The van der Waals surface area contributed by atoms with E-state index in [1.807, 2.05) is 54.6 Å². The van der Waals surface area contributed by atoms with Crippen molar-refractivity contribution in [1.82, 2.24) is 0 Å². The second kappa shape index (κ2) is 35.2. The lowest BCUT2D eigenvalue weighted by molar-refractivity contribution is 0.288. The summed E-state index contributed by atoms with van der Waals surface area (Å²) in [6.07, 6.45) is 0.916. The van der Waals surface area contributed by atoms with Gasteiger partial charge in [-0.05, 0) is 205 Å². The number of hydrogen-bond acceptors (Lipinski definition) is 14. The molecular formula is C106H101N7O7. The highest BCUT2D eigenvalue weighted by Gasteiger charge is 2.31. The molecule has 14 aromatic carbocycles. The zero-order valence-corrected chi connectivity index (χ0v) is 68.9. The van der Waals surface area contributed by atoms with E-state index >= 15 is 0 Å². The van der Waals surface area contributed by atoms with E-state index in [2.05, 4.69) is 348 Å². The summed E-state index contributed by atoms with van der Waals surface area (Å²) >= 11 is 0. The minimum Gasteiger partial charge on any atom is -0.473 e. The molecule has 7 heterocycles. The summed E-state index contributed by atoms with van der Waals surface area (Å²) < 4.78 is 41.9. The van der Waals surface area contributed by atoms with Gasteiger partial charge in [0.1, 0.15) is 40.2 Å². The van der Waals surface area contributed by atoms with Gasteiger partial charge < -0.3 is 67.5 Å². The number of aryl methyl sites for hydroxylation is 2. The highest BCUT2D eigenvalue weighted by Crippen LogP contribution is 2.42. The SMILES string of the molecule is CC(c1ccc2c(c1)CN(c1ccccc1)CO2)c1ccc2c(c1)CN(c1ccccc1)CO2.Cc1ccc(N2COc3ccc(C(C)(C)c4ccc5c(c4)CN(c4ccc(C)cc4)CO5)cc3C2)cc1.c1ccc(N2COc3ccccc3C2)cc1.c1ccc2c(c1)CN(c1ccc(Cc3ccc(N4COc5ccccc5C4)cc3)cc1)CO2. The van der Waals surface area contributed by atoms with Crippen molar-refractivity contribution < 1.29 is 33.2 Å². The number of hydrogen-bond donors (Lipinski definition) is 0. The molecular weight excluding hydrogens is 1480 g/mol. The maximum absolute atomic E-state index is 6.13. The summed E-state index contributed by atoms with van der Waals surface area (Å²) in [6.45, 7) is 21.3. The number of fused-ring (bicyclic) bond motifs is 7. The number of benzene rings is 14. The lowest BCUT2D eigenvalue weighted by Crippen LogP contribution is -2.33. The second-order valence-corrected chi connectivity index (χ2v) is 32.5. The van der Waals surface area contributed by atoms with Crippen LogP contribution in [0, 0.1) is 13.8 Å². The Hall–Kier alpha value is -13.7. The number of ether oxygens (including phenoxy) is 7. The molecule has 0 spiro atoms. The van der Waals surface area contributed by atoms with Crippen LogP contribution in [-0.4, -0.2) is 47.1 Å². The van der Waals surface area contributed by atoms with Crippen molar-refractivity contribution in [1.29, 1.82) is 0 Å². The van der Waals surface area contributed by atoms with Gasteiger partial charge in [-0.15, -0.1) is 0 Å². The Morgan fingerprint density at radius 2 is 0.475 bits per heavy atom. The molecule has 14 heteroatoms. The Morgan fingerprint density at radius 3 is 0.775 bits per heavy atom. The third kappa shape index (κ3) is 17.8. The van der Waals surface area contributed by atoms with E-state index in [-0.39, 0.29) is 11.3 Å². The number of rotatable bonds is 13. The fraction of sp³-hybridized carbons (Fsp3) is 0.208. The number of nitrogens with zero attached hydrogens (tertiary/aromatic N) is 7. The van der Waals surface area contributed by atoms with Crippen LogP contribution < -0.4 is 67.5 Å². The van der Waals surface area contributed by atoms with Crippen LogP contribution in [0.2, 0.25) is 0 Å². The fourth-order valence-corrected chi connectivity index (χ4v) is 16.7. The maximum atomic E-state index is 6.13. The molecule has 0 saturated heterocycles. The maximum Gasteiger partial charge on any atom is 0.161 e. The highest BCUT2D eigenvalue weighted by atomic mass is 16.5. The van der Waals surface area contributed by atoms with Crippen molar-refractivity contribution in [3.05, 3.63) is 417 Å². The molecule has 0 amide bonds. The van der Waals surface area contributed by atoms with E-state index in [0.717, 1.165) is 92.5 Å². The van der Waals surface area contributed by atoms with Gasteiger partial charge in [-0.1, -0.05) is 214 Å². The van der Waals surface area contributed by atoms with E-state index in [1.165, 1.54) is 123 Å². The van der Waals surface area contributed by atoms with Gasteiger partial charge in [0, 0.05) is 136 Å². The first-order chi connectivity index (χ1) is 58.9. The zero-order chi connectivity index (χ0) is 81.3. The van der Waals surface area contributed by atoms with Gasteiger partial charge in [0.15, 0.2) is 47.1 Å². The predicted octanol–water partition coefficient (Wildman–Crippen LogP) is 22.9. The molecule has 602 valence electrons. The summed E-state index contributed by atoms with van der Waals surface area (Å²) in [5, 5.41) is 0. The molecule has 7 aliphatic heterocycles. The minimum absolute atomic E-state index is 0.164. The molecule has 21 rings (SSSR count). The van der Waals surface area contributed by atoms with Crippen LogP contribution in [0.15, 0.2) is 334 Å². The largest absolute Gasteiger partial charge is 0.473 e. The Morgan fingerprint density at radius 1 is 0.242 bits per heavy atom. The smallest absolute Gasteiger partial charge is 0.161 e. The zero-order valence-electron chi connectivity index (χ0n) is 68.9. The molecule has 0 atom stereocenters. The molecule has 0 N–H and O–H groups in total. The molecule has 0 aliphatic carbocycles. The van der Waals surface area contributed by atoms with Crippen molar-refractivity contribution in [2.75, 3.05) is 81.4 Å². The van der Waals surface area contributed by atoms with Crippen molar-refractivity contribution >= 4 is 39.8 Å². The normalized spacial score (nSPS) is 14.7. The van der Waals surface area contributed by atoms with Crippen LogP contribution in [0.25, 0.3) is 0 Å². The molecule has 0 saturated carbocycles. The van der Waals surface area contributed by atoms with Crippen LogP contribution in [0.3, 0.4) is 0 Å². The Balaban J connectivity index is 0.000000113. The summed E-state index contributed by atoms with van der Waals surface area (Å²) in [4.78, 5) is 15.9. The van der Waals surface area contributed by atoms with E-state index < -0.39 is 0 Å². The van der Waals surface area contributed by atoms with Crippen LogP contribution in [-0.2, 0) is 57.6 Å². The van der Waals surface area contributed by atoms with Crippen molar-refractivity contribution in [3.8, 4) is 40.2 Å². The van der Waals surface area contributed by atoms with Crippen molar-refractivity contribution in [2.45, 2.75) is 98.2 Å². The first-order valence-electron chi connectivity index (χ1n) is 41.7. The molecule has 0 unspecified atom stereocenters. The van der Waals surface area contributed by atoms with Gasteiger partial charge in [0.2, 0.25) is 0 Å². The Labute approximate surface area is 705 Å². The molecule has 14 nitrogen and oxygen atoms in total. The Kier molecular flexibility index (Phi) is 22.8. The van der Waals surface area contributed by atoms with E-state index in [4.69, 9.17) is 33.2 Å². The summed E-state index contributed by atoms with van der Waals surface area (Å²) in [5.74, 6) is 7.21. The van der Waals surface area contributed by atoms with E-state index in [9.17, 15) is 0 Å². The quantitative estimate of drug-likeness (QED) is 0.110. The highest BCUT2D eigenvalue weighted by molar-refractivity contribution is 5.60. The fourth-order valence-electron chi connectivity index (χ4n) is 16.7. The van der Waals surface area contributed by atoms with Gasteiger partial charge in [0.25, 0.3) is 0 Å². The standard InChI is InChI=1S/C33H34N2O2.C30H28N2O2.C29H26N2O2.C14H13NO/c1-23-5-11-29(12-6-23)34-19-25-17-27(9-15-31(25)36-21-34)33(3,4)28-10-16-32-26(18-28)20-35(22-37-32)30-13-7-24(2)8-14-30;1-22(23-12-14-29-25(16-23)18-31(20-33-29)27-8-4-2-5-9-27)24-13-15-30-26(17-24)19-32(21-34-30)28-10-6-3-7-11-28;1-3-7-28-24(5-1)18-30(20-32-28)26-13-9-22(10-14-26)17-23-11-15-27(16-12-23)31-19-25-6-2-4-8-29(25)33-21-31;1-2-7-13(8-3-1)15-10-12-6-4-5-9-14(12)16-11-15/h5-18H,19-22H2,1-4H3;2-17,22H,18-21H2,1H3;1-16H,17-21H2;1-9H,10-11H2. The average molecular weight is 1590 g/mol. The molecule has 14 aromatic rings. The summed E-state index contributed by atoms with van der Waals surface area (Å²) in [5.41, 5.74) is 27.1. The van der Waals surface area contributed by atoms with Gasteiger partial charge in [-0.3, -0.25) is 0 Å². The first kappa shape index (κ1) is 77.5. The van der Waals surface area contributed by atoms with Crippen molar-refractivity contribution in [2.24, 2.45) is 0 Å². The summed E-state index contributed by atoms with van der Waals surface area (Å²) in [7, 11) is 0. The lowest BCUT2D eigenvalue weighted by atomic mass is 9.77. The third-order valence-electron chi connectivity index (χ3n) is 24.0. The number of anilines is 7. The van der Waals surface area contributed by atoms with Crippen LogP contribution in [0.1, 0.15) is 110 Å². The third-order valence-corrected chi connectivity index (χ3v) is 24.0. The lowest BCUT2D eigenvalue weighted by Gasteiger charge is -2.34. The van der Waals surface area contributed by atoms with Gasteiger partial charge >= 0.3 is 0 Å². The molecule has 0 aromatic heterocycles. The minimum atomic E-state index is -0.164. The molecule has 120 heavy (non-hydrogen) atoms.